The van der Waals surface area contributed by atoms with E-state index >= 15 is 0 Å². The second-order valence-electron chi connectivity index (χ2n) is 8.56. The predicted molar refractivity (Wildman–Crippen MR) is 131 cm³/mol. The number of rotatable bonds is 5. The van der Waals surface area contributed by atoms with Crippen LogP contribution in [0.5, 0.6) is 11.5 Å². The van der Waals surface area contributed by atoms with Crippen LogP contribution in [0.25, 0.3) is 0 Å². The van der Waals surface area contributed by atoms with E-state index in [0.717, 1.165) is 43.2 Å². The molecule has 2 aromatic heterocycles. The summed E-state index contributed by atoms with van der Waals surface area (Å²) in [6.07, 6.45) is 7.89. The Morgan fingerprint density at radius 1 is 1.06 bits per heavy atom. The first-order chi connectivity index (χ1) is 16.6. The Labute approximate surface area is 202 Å². The number of carbonyl (C=O) groups is 2. The third kappa shape index (κ3) is 4.14. The van der Waals surface area contributed by atoms with Crippen molar-refractivity contribution in [1.29, 1.82) is 0 Å². The molecule has 1 aromatic carbocycles. The second-order valence-corrected chi connectivity index (χ2v) is 9.67. The number of hydrogen-bond donors (Lipinski definition) is 1. The molecule has 0 radical (unpaired) electrons. The Hall–Kier alpha value is -3.39. The van der Waals surface area contributed by atoms with Crippen LogP contribution >= 0.6 is 11.3 Å². The fourth-order valence-corrected chi connectivity index (χ4v) is 6.04. The topological polar surface area (TPSA) is 80.8 Å². The lowest BCUT2D eigenvalue weighted by atomic mass is 9.93. The number of methoxy groups -OCH3 is 2. The Morgan fingerprint density at radius 2 is 1.82 bits per heavy atom. The third-order valence-electron chi connectivity index (χ3n) is 6.54. The summed E-state index contributed by atoms with van der Waals surface area (Å²) < 4.78 is 10.9. The second kappa shape index (κ2) is 9.46. The number of nitrogens with one attached hydrogen (secondary N) is 1. The van der Waals surface area contributed by atoms with Gasteiger partial charge in [0, 0.05) is 30.4 Å². The minimum atomic E-state index is -0.249. The maximum absolute atomic E-state index is 13.9. The minimum absolute atomic E-state index is 0.0266. The number of nitrogens with zero attached hydrogens (tertiary/aromatic N) is 2. The van der Waals surface area contributed by atoms with Gasteiger partial charge < -0.3 is 19.7 Å². The van der Waals surface area contributed by atoms with Gasteiger partial charge in [0.1, 0.15) is 5.00 Å². The van der Waals surface area contributed by atoms with Crippen LogP contribution in [0.15, 0.2) is 36.7 Å². The Balaban J connectivity index is 1.46. The quantitative estimate of drug-likeness (QED) is 0.586. The summed E-state index contributed by atoms with van der Waals surface area (Å²) >= 11 is 1.54. The van der Waals surface area contributed by atoms with Crippen LogP contribution in [-0.2, 0) is 25.8 Å². The van der Waals surface area contributed by atoms with Crippen LogP contribution in [0, 0.1) is 0 Å². The molecule has 0 saturated carbocycles. The first-order valence-corrected chi connectivity index (χ1v) is 12.3. The Morgan fingerprint density at radius 3 is 2.56 bits per heavy atom. The van der Waals surface area contributed by atoms with Crippen LogP contribution in [0.2, 0.25) is 0 Å². The number of amides is 2. The minimum Gasteiger partial charge on any atom is -0.493 e. The maximum Gasteiger partial charge on any atom is 0.257 e. The molecule has 0 spiro atoms. The van der Waals surface area contributed by atoms with Gasteiger partial charge in [-0.1, -0.05) is 0 Å². The normalized spacial score (nSPS) is 14.7. The molecule has 2 aliphatic rings. The Bertz CT molecular complexity index is 1240. The third-order valence-corrected chi connectivity index (χ3v) is 7.75. The van der Waals surface area contributed by atoms with Gasteiger partial charge >= 0.3 is 0 Å². The SMILES string of the molecule is COc1cc2c(cc1OC)CN(C(=O)c1c(NC(=O)c3cccnc3)sc3c1CCCC3)CC2. The average Bonchev–Trinajstić information content (AvgIpc) is 3.25. The van der Waals surface area contributed by atoms with Crippen molar-refractivity contribution in [2.24, 2.45) is 0 Å². The monoisotopic (exact) mass is 477 g/mol. The molecule has 7 nitrogen and oxygen atoms in total. The van der Waals surface area contributed by atoms with E-state index < -0.39 is 0 Å². The van der Waals surface area contributed by atoms with Crippen LogP contribution in [-0.4, -0.2) is 42.5 Å². The van der Waals surface area contributed by atoms with Crippen LogP contribution in [0.3, 0.4) is 0 Å². The highest BCUT2D eigenvalue weighted by molar-refractivity contribution is 7.17. The number of aromatic nitrogens is 1. The molecule has 0 fully saturated rings. The lowest BCUT2D eigenvalue weighted by Crippen LogP contribution is -2.36. The molecular formula is C26H27N3O4S. The first kappa shape index (κ1) is 22.4. The van der Waals surface area contributed by atoms with Crippen molar-refractivity contribution < 1.29 is 19.1 Å². The summed E-state index contributed by atoms with van der Waals surface area (Å²) in [6.45, 7) is 1.11. The van der Waals surface area contributed by atoms with E-state index in [-0.39, 0.29) is 11.8 Å². The standard InChI is InChI=1S/C26H27N3O4S/c1-32-20-12-16-9-11-29(15-18(16)13-21(20)33-2)26(31)23-19-7-3-4-8-22(19)34-25(23)28-24(30)17-6-5-10-27-14-17/h5-6,10,12-14H,3-4,7-9,11,15H2,1-2H3,(H,28,30). The fraction of sp³-hybridized carbons (Fsp3) is 0.346. The molecular weight excluding hydrogens is 450 g/mol. The molecule has 3 aromatic rings. The van der Waals surface area contributed by atoms with Crippen molar-refractivity contribution in [2.45, 2.75) is 38.6 Å². The van der Waals surface area contributed by atoms with Gasteiger partial charge in [0.05, 0.1) is 25.3 Å². The summed E-state index contributed by atoms with van der Waals surface area (Å²) in [6, 6.07) is 7.42. The summed E-state index contributed by atoms with van der Waals surface area (Å²) in [5, 5.41) is 3.65. The van der Waals surface area contributed by atoms with Crippen molar-refractivity contribution in [3.63, 3.8) is 0 Å². The summed E-state index contributed by atoms with van der Waals surface area (Å²) in [5.74, 6) is 1.09. The summed E-state index contributed by atoms with van der Waals surface area (Å²) in [4.78, 5) is 33.9. The van der Waals surface area contributed by atoms with Crippen LogP contribution in [0.1, 0.15) is 55.1 Å². The molecule has 8 heteroatoms. The first-order valence-electron chi connectivity index (χ1n) is 11.5. The van der Waals surface area contributed by atoms with Crippen molar-refractivity contribution >= 4 is 28.2 Å². The number of aryl methyl sites for hydroxylation is 1. The van der Waals surface area contributed by atoms with Crippen molar-refractivity contribution in [1.82, 2.24) is 9.88 Å². The molecule has 1 N–H and O–H groups in total. The van der Waals surface area contributed by atoms with Gasteiger partial charge in [-0.15, -0.1) is 11.3 Å². The zero-order valence-electron chi connectivity index (χ0n) is 19.3. The summed E-state index contributed by atoms with van der Waals surface area (Å²) in [5.41, 5.74) is 4.45. The number of carbonyl (C=O) groups excluding carboxylic acids is 2. The Kier molecular flexibility index (Phi) is 6.24. The molecule has 0 unspecified atom stereocenters. The largest absolute Gasteiger partial charge is 0.493 e. The number of anilines is 1. The fourth-order valence-electron chi connectivity index (χ4n) is 4.77. The van der Waals surface area contributed by atoms with Crippen molar-refractivity contribution in [2.75, 3.05) is 26.1 Å². The molecule has 176 valence electrons. The molecule has 0 bridgehead atoms. The van der Waals surface area contributed by atoms with Gasteiger partial charge in [0.15, 0.2) is 11.5 Å². The molecule has 2 amide bonds. The van der Waals surface area contributed by atoms with Gasteiger partial charge in [-0.25, -0.2) is 0 Å². The molecule has 1 aliphatic heterocycles. The van der Waals surface area contributed by atoms with E-state index in [1.165, 1.54) is 28.0 Å². The van der Waals surface area contributed by atoms with Gasteiger partial charge in [0.2, 0.25) is 0 Å². The highest BCUT2D eigenvalue weighted by Gasteiger charge is 2.31. The molecule has 0 atom stereocenters. The molecule has 34 heavy (non-hydrogen) atoms. The number of hydrogen-bond acceptors (Lipinski definition) is 6. The van der Waals surface area contributed by atoms with E-state index in [4.69, 9.17) is 9.47 Å². The molecule has 0 saturated heterocycles. The highest BCUT2D eigenvalue weighted by Crippen LogP contribution is 2.40. The number of thiophene rings is 1. The average molecular weight is 478 g/mol. The smallest absolute Gasteiger partial charge is 0.257 e. The van der Waals surface area contributed by atoms with E-state index in [9.17, 15) is 9.59 Å². The van der Waals surface area contributed by atoms with Gasteiger partial charge in [-0.3, -0.25) is 14.6 Å². The lowest BCUT2D eigenvalue weighted by Gasteiger charge is -2.30. The predicted octanol–water partition coefficient (Wildman–Crippen LogP) is 4.49. The van der Waals surface area contributed by atoms with Crippen molar-refractivity contribution in [3.05, 3.63) is 69.4 Å². The lowest BCUT2D eigenvalue weighted by molar-refractivity contribution is 0.0734. The van der Waals surface area contributed by atoms with Crippen LogP contribution < -0.4 is 14.8 Å². The van der Waals surface area contributed by atoms with E-state index in [1.54, 1.807) is 32.5 Å². The molecule has 5 rings (SSSR count). The van der Waals surface area contributed by atoms with E-state index in [2.05, 4.69) is 10.3 Å². The number of pyridine rings is 1. The van der Waals surface area contributed by atoms with Gasteiger partial charge in [-0.05, 0) is 73.1 Å². The highest BCUT2D eigenvalue weighted by atomic mass is 32.1. The maximum atomic E-state index is 13.9. The number of fused-ring (bicyclic) bond motifs is 2. The van der Waals surface area contributed by atoms with E-state index in [1.807, 2.05) is 17.0 Å². The van der Waals surface area contributed by atoms with E-state index in [0.29, 0.717) is 40.7 Å². The molecule has 3 heterocycles. The zero-order chi connectivity index (χ0) is 23.7. The molecule has 1 aliphatic carbocycles. The van der Waals surface area contributed by atoms with Gasteiger partial charge in [0.25, 0.3) is 11.8 Å². The van der Waals surface area contributed by atoms with Crippen molar-refractivity contribution in [3.8, 4) is 11.5 Å². The van der Waals surface area contributed by atoms with Crippen LogP contribution in [0.4, 0.5) is 5.00 Å². The number of benzene rings is 1. The van der Waals surface area contributed by atoms with Gasteiger partial charge in [-0.2, -0.15) is 0 Å². The number of ether oxygens (including phenoxy) is 2. The zero-order valence-corrected chi connectivity index (χ0v) is 20.2. The summed E-state index contributed by atoms with van der Waals surface area (Å²) in [7, 11) is 3.24.